The summed E-state index contributed by atoms with van der Waals surface area (Å²) in [6.45, 7) is 1.75. The molecule has 19 heavy (non-hydrogen) atoms. The van der Waals surface area contributed by atoms with Gasteiger partial charge in [0.15, 0.2) is 0 Å². The average Bonchev–Trinajstić information content (AvgIpc) is 2.36. The van der Waals surface area contributed by atoms with Crippen LogP contribution < -0.4 is 0 Å². The first-order valence-corrected chi connectivity index (χ1v) is 7.22. The van der Waals surface area contributed by atoms with Crippen LogP contribution in [0.5, 0.6) is 0 Å². The molecule has 2 N–H and O–H groups in total. The number of aliphatic carboxylic acids is 1. The standard InChI is InChI=1S/C14H27NO4/c1-2-3-4-5-6-7-8-9-13(17)15(10-11-16)12-14(18)19/h16H,2-12H2,1H3,(H,18,19). The second-order valence-corrected chi connectivity index (χ2v) is 4.80. The summed E-state index contributed by atoms with van der Waals surface area (Å²) in [4.78, 5) is 23.6. The van der Waals surface area contributed by atoms with E-state index in [1.54, 1.807) is 0 Å². The lowest BCUT2D eigenvalue weighted by molar-refractivity contribution is -0.144. The third-order valence-electron chi connectivity index (χ3n) is 3.04. The van der Waals surface area contributed by atoms with Crippen molar-refractivity contribution in [1.29, 1.82) is 0 Å². The summed E-state index contributed by atoms with van der Waals surface area (Å²) in [7, 11) is 0. The van der Waals surface area contributed by atoms with Crippen LogP contribution in [0.2, 0.25) is 0 Å². The number of hydrogen-bond donors (Lipinski definition) is 2. The number of hydrogen-bond acceptors (Lipinski definition) is 3. The first-order chi connectivity index (χ1) is 9.11. The number of amides is 1. The highest BCUT2D eigenvalue weighted by molar-refractivity contribution is 5.81. The Morgan fingerprint density at radius 1 is 1.00 bits per heavy atom. The van der Waals surface area contributed by atoms with Gasteiger partial charge in [-0.25, -0.2) is 0 Å². The molecule has 0 aliphatic rings. The SMILES string of the molecule is CCCCCCCCCC(=O)N(CCO)CC(=O)O. The van der Waals surface area contributed by atoms with Crippen LogP contribution in [0.25, 0.3) is 0 Å². The lowest BCUT2D eigenvalue weighted by atomic mass is 10.1. The molecule has 0 aromatic heterocycles. The van der Waals surface area contributed by atoms with Crippen molar-refractivity contribution >= 4 is 11.9 Å². The maximum Gasteiger partial charge on any atom is 0.323 e. The molecule has 112 valence electrons. The Bertz CT molecular complexity index is 256. The van der Waals surface area contributed by atoms with Gasteiger partial charge in [0.1, 0.15) is 6.54 Å². The number of carboxylic acids is 1. The van der Waals surface area contributed by atoms with Crippen LogP contribution in [0.1, 0.15) is 58.3 Å². The van der Waals surface area contributed by atoms with Gasteiger partial charge < -0.3 is 15.1 Å². The maximum absolute atomic E-state index is 11.8. The van der Waals surface area contributed by atoms with Crippen molar-refractivity contribution in [3.8, 4) is 0 Å². The Hall–Kier alpha value is -1.10. The van der Waals surface area contributed by atoms with Gasteiger partial charge in [-0.1, -0.05) is 45.4 Å². The van der Waals surface area contributed by atoms with E-state index in [4.69, 9.17) is 10.2 Å². The molecule has 0 aliphatic heterocycles. The molecule has 0 aromatic rings. The fourth-order valence-electron chi connectivity index (χ4n) is 1.97. The number of rotatable bonds is 12. The van der Waals surface area contributed by atoms with E-state index in [2.05, 4.69) is 6.92 Å². The van der Waals surface area contributed by atoms with Crippen LogP contribution in [-0.2, 0) is 9.59 Å². The average molecular weight is 273 g/mol. The predicted octanol–water partition coefficient (Wildman–Crippen LogP) is 2.03. The molecule has 0 fully saturated rings. The maximum atomic E-state index is 11.8. The number of carbonyl (C=O) groups is 2. The molecule has 0 atom stereocenters. The van der Waals surface area contributed by atoms with E-state index < -0.39 is 5.97 Å². The molecular formula is C14H27NO4. The first kappa shape index (κ1) is 17.9. The number of nitrogens with zero attached hydrogens (tertiary/aromatic N) is 1. The third kappa shape index (κ3) is 10.5. The van der Waals surface area contributed by atoms with Crippen LogP contribution >= 0.6 is 0 Å². The summed E-state index contributed by atoms with van der Waals surface area (Å²) in [5.74, 6) is -1.22. The van der Waals surface area contributed by atoms with Crippen LogP contribution in [0.3, 0.4) is 0 Å². The largest absolute Gasteiger partial charge is 0.480 e. The Labute approximate surface area is 115 Å². The van der Waals surface area contributed by atoms with Gasteiger partial charge in [0, 0.05) is 13.0 Å². The Balaban J connectivity index is 3.71. The number of carboxylic acid groups (broad SMARTS) is 1. The van der Waals surface area contributed by atoms with Gasteiger partial charge in [-0.3, -0.25) is 9.59 Å². The van der Waals surface area contributed by atoms with Gasteiger partial charge in [-0.2, -0.15) is 0 Å². The highest BCUT2D eigenvalue weighted by Gasteiger charge is 2.15. The normalized spacial score (nSPS) is 10.4. The van der Waals surface area contributed by atoms with Crippen molar-refractivity contribution in [1.82, 2.24) is 4.90 Å². The predicted molar refractivity (Wildman–Crippen MR) is 73.9 cm³/mol. The summed E-state index contributed by atoms with van der Waals surface area (Å²) in [5.41, 5.74) is 0. The fraction of sp³-hybridized carbons (Fsp3) is 0.857. The van der Waals surface area contributed by atoms with Crippen molar-refractivity contribution in [3.63, 3.8) is 0 Å². The van der Waals surface area contributed by atoms with Crippen molar-refractivity contribution in [2.24, 2.45) is 0 Å². The summed E-state index contributed by atoms with van der Waals surface area (Å²) >= 11 is 0. The third-order valence-corrected chi connectivity index (χ3v) is 3.04. The molecule has 0 bridgehead atoms. The lowest BCUT2D eigenvalue weighted by Crippen LogP contribution is -2.37. The smallest absolute Gasteiger partial charge is 0.323 e. The Kier molecular flexibility index (Phi) is 11.3. The molecule has 0 heterocycles. The van der Waals surface area contributed by atoms with Crippen molar-refractivity contribution in [2.45, 2.75) is 58.3 Å². The first-order valence-electron chi connectivity index (χ1n) is 7.22. The molecule has 0 unspecified atom stereocenters. The van der Waals surface area contributed by atoms with Gasteiger partial charge in [0.2, 0.25) is 5.91 Å². The Morgan fingerprint density at radius 2 is 1.58 bits per heavy atom. The minimum absolute atomic E-state index is 0.0988. The molecule has 0 radical (unpaired) electrons. The Morgan fingerprint density at radius 3 is 2.11 bits per heavy atom. The molecule has 5 heteroatoms. The highest BCUT2D eigenvalue weighted by atomic mass is 16.4. The van der Waals surface area contributed by atoms with Crippen LogP contribution in [0, 0.1) is 0 Å². The molecular weight excluding hydrogens is 246 g/mol. The van der Waals surface area contributed by atoms with Crippen LogP contribution in [0.15, 0.2) is 0 Å². The highest BCUT2D eigenvalue weighted by Crippen LogP contribution is 2.09. The van der Waals surface area contributed by atoms with E-state index >= 15 is 0 Å². The fourth-order valence-corrected chi connectivity index (χ4v) is 1.97. The molecule has 0 saturated carbocycles. The zero-order valence-corrected chi connectivity index (χ0v) is 11.9. The zero-order valence-electron chi connectivity index (χ0n) is 11.9. The van der Waals surface area contributed by atoms with Gasteiger partial charge in [-0.15, -0.1) is 0 Å². The number of aliphatic hydroxyl groups is 1. The molecule has 0 spiro atoms. The zero-order chi connectivity index (χ0) is 14.5. The number of unbranched alkanes of at least 4 members (excludes halogenated alkanes) is 6. The quantitative estimate of drug-likeness (QED) is 0.533. The molecule has 0 saturated heterocycles. The monoisotopic (exact) mass is 273 g/mol. The summed E-state index contributed by atoms with van der Waals surface area (Å²) in [5, 5.41) is 17.5. The second kappa shape index (κ2) is 12.0. The molecule has 1 amide bonds. The van der Waals surface area contributed by atoms with E-state index in [0.29, 0.717) is 6.42 Å². The lowest BCUT2D eigenvalue weighted by Gasteiger charge is -2.19. The van der Waals surface area contributed by atoms with Crippen molar-refractivity contribution in [3.05, 3.63) is 0 Å². The van der Waals surface area contributed by atoms with E-state index in [1.807, 2.05) is 0 Å². The van der Waals surface area contributed by atoms with Gasteiger partial charge >= 0.3 is 5.97 Å². The summed E-state index contributed by atoms with van der Waals surface area (Å²) in [6, 6.07) is 0. The van der Waals surface area contributed by atoms with E-state index in [9.17, 15) is 9.59 Å². The van der Waals surface area contributed by atoms with Crippen molar-refractivity contribution < 1.29 is 19.8 Å². The molecule has 0 aliphatic carbocycles. The van der Waals surface area contributed by atoms with Crippen LogP contribution in [-0.4, -0.2) is 46.7 Å². The van der Waals surface area contributed by atoms with Crippen molar-refractivity contribution in [2.75, 3.05) is 19.7 Å². The summed E-state index contributed by atoms with van der Waals surface area (Å²) < 4.78 is 0. The second-order valence-electron chi connectivity index (χ2n) is 4.80. The molecule has 0 aromatic carbocycles. The minimum atomic E-state index is -1.04. The van der Waals surface area contributed by atoms with E-state index in [-0.39, 0.29) is 25.6 Å². The summed E-state index contributed by atoms with van der Waals surface area (Å²) in [6.07, 6.45) is 8.26. The molecule has 5 nitrogen and oxygen atoms in total. The number of carbonyl (C=O) groups excluding carboxylic acids is 1. The van der Waals surface area contributed by atoms with Gasteiger partial charge in [0.25, 0.3) is 0 Å². The van der Waals surface area contributed by atoms with E-state index in [1.165, 1.54) is 30.6 Å². The minimum Gasteiger partial charge on any atom is -0.480 e. The molecule has 0 rings (SSSR count). The van der Waals surface area contributed by atoms with Gasteiger partial charge in [0.05, 0.1) is 6.61 Å². The van der Waals surface area contributed by atoms with E-state index in [0.717, 1.165) is 19.3 Å². The number of aliphatic hydroxyl groups excluding tert-OH is 1. The van der Waals surface area contributed by atoms with Gasteiger partial charge in [-0.05, 0) is 6.42 Å². The van der Waals surface area contributed by atoms with Crippen LogP contribution in [0.4, 0.5) is 0 Å². The topological polar surface area (TPSA) is 77.8 Å².